The van der Waals surface area contributed by atoms with Crippen molar-refractivity contribution in [2.75, 3.05) is 0 Å². The highest BCUT2D eigenvalue weighted by Gasteiger charge is 2.39. The highest BCUT2D eigenvalue weighted by atomic mass is 35.5. The highest BCUT2D eigenvalue weighted by molar-refractivity contribution is 7.99. The van der Waals surface area contributed by atoms with Crippen LogP contribution in [0.25, 0.3) is 16.2 Å². The van der Waals surface area contributed by atoms with E-state index in [1.165, 1.54) is 35.2 Å². The minimum absolute atomic E-state index is 0.0167. The Morgan fingerprint density at radius 2 is 1.97 bits per heavy atom. The summed E-state index contributed by atoms with van der Waals surface area (Å²) in [5.74, 6) is -0.924. The van der Waals surface area contributed by atoms with Gasteiger partial charge in [-0.05, 0) is 18.2 Å². The number of thiazole rings is 1. The van der Waals surface area contributed by atoms with E-state index in [-0.39, 0.29) is 12.1 Å². The second-order valence-electron chi connectivity index (χ2n) is 8.12. The number of thioether (sulfide) groups is 1. The van der Waals surface area contributed by atoms with Gasteiger partial charge in [0, 0.05) is 50.5 Å². The molecule has 11 heteroatoms. The Labute approximate surface area is 213 Å². The lowest BCUT2D eigenvalue weighted by Crippen LogP contribution is -2.41. The van der Waals surface area contributed by atoms with Crippen LogP contribution in [-0.4, -0.2) is 34.5 Å². The summed E-state index contributed by atoms with van der Waals surface area (Å²) in [6.07, 6.45) is 6.76. The van der Waals surface area contributed by atoms with Gasteiger partial charge in [0.1, 0.15) is 29.9 Å². The Morgan fingerprint density at radius 1 is 1.17 bits per heavy atom. The minimum Gasteiger partial charge on any atom is -0.382 e. The SMILES string of the molecule is C[C@@H](SCc1cn2cc(-c3ccc(Cl)cc3)nc2s1)[C@](O)(Cn1cncn1)c1ccc(F)cc1F. The second-order valence-corrected chi connectivity index (χ2v) is 11.0. The number of rotatable bonds is 8. The molecule has 0 saturated heterocycles. The number of nitrogens with zero attached hydrogens (tertiary/aromatic N) is 5. The standard InChI is InChI=1S/C24H20ClF2N5OS2/c1-15(24(33,12-32-14-28-13-29-32)20-7-6-18(26)8-21(20)27)34-11-19-9-31-10-22(30-23(31)35-19)16-2-4-17(25)5-3-16/h2-10,13-15,33H,11-12H2,1H3/t15-,24-/m1/s1. The van der Waals surface area contributed by atoms with E-state index in [1.807, 2.05) is 48.0 Å². The smallest absolute Gasteiger partial charge is 0.194 e. The molecule has 35 heavy (non-hydrogen) atoms. The van der Waals surface area contributed by atoms with E-state index in [4.69, 9.17) is 16.6 Å². The molecule has 0 fully saturated rings. The third kappa shape index (κ3) is 4.97. The van der Waals surface area contributed by atoms with Gasteiger partial charge in [-0.3, -0.25) is 4.40 Å². The van der Waals surface area contributed by atoms with Gasteiger partial charge in [0.25, 0.3) is 0 Å². The van der Waals surface area contributed by atoms with Crippen LogP contribution in [0.5, 0.6) is 0 Å². The molecule has 0 spiro atoms. The van der Waals surface area contributed by atoms with Gasteiger partial charge in [-0.1, -0.05) is 36.7 Å². The van der Waals surface area contributed by atoms with Crippen molar-refractivity contribution in [3.8, 4) is 11.3 Å². The van der Waals surface area contributed by atoms with Crippen molar-refractivity contribution in [1.29, 1.82) is 0 Å². The summed E-state index contributed by atoms with van der Waals surface area (Å²) in [6, 6.07) is 10.7. The van der Waals surface area contributed by atoms with Crippen LogP contribution in [0, 0.1) is 11.6 Å². The minimum atomic E-state index is -1.64. The number of imidazole rings is 1. The number of hydrogen-bond acceptors (Lipinski definition) is 6. The number of halogens is 3. The summed E-state index contributed by atoms with van der Waals surface area (Å²) in [5, 5.41) is 15.9. The molecule has 0 saturated carbocycles. The molecule has 3 aromatic heterocycles. The van der Waals surface area contributed by atoms with Crippen molar-refractivity contribution >= 4 is 39.7 Å². The van der Waals surface area contributed by atoms with Crippen LogP contribution in [0.2, 0.25) is 5.02 Å². The summed E-state index contributed by atoms with van der Waals surface area (Å²) in [7, 11) is 0. The van der Waals surface area contributed by atoms with Crippen molar-refractivity contribution in [3.63, 3.8) is 0 Å². The molecule has 0 bridgehead atoms. The van der Waals surface area contributed by atoms with Gasteiger partial charge in [0.15, 0.2) is 4.96 Å². The lowest BCUT2D eigenvalue weighted by Gasteiger charge is -2.34. The number of aromatic nitrogens is 5. The summed E-state index contributed by atoms with van der Waals surface area (Å²) in [6.45, 7) is 1.80. The Morgan fingerprint density at radius 3 is 2.66 bits per heavy atom. The molecule has 0 unspecified atom stereocenters. The van der Waals surface area contributed by atoms with Crippen LogP contribution < -0.4 is 0 Å². The maximum absolute atomic E-state index is 14.7. The fourth-order valence-corrected chi connectivity index (χ4v) is 6.14. The van der Waals surface area contributed by atoms with Crippen molar-refractivity contribution in [2.24, 2.45) is 0 Å². The third-order valence-electron chi connectivity index (χ3n) is 5.76. The van der Waals surface area contributed by atoms with E-state index in [0.29, 0.717) is 10.8 Å². The summed E-state index contributed by atoms with van der Waals surface area (Å²) in [4.78, 5) is 10.5. The number of hydrogen-bond donors (Lipinski definition) is 1. The predicted octanol–water partition coefficient (Wildman–Crippen LogP) is 5.80. The predicted molar refractivity (Wildman–Crippen MR) is 135 cm³/mol. The van der Waals surface area contributed by atoms with Crippen LogP contribution in [-0.2, 0) is 17.9 Å². The molecule has 5 aromatic rings. The van der Waals surface area contributed by atoms with E-state index in [1.54, 1.807) is 11.3 Å². The molecular weight excluding hydrogens is 512 g/mol. The fourth-order valence-electron chi connectivity index (χ4n) is 3.85. The first kappa shape index (κ1) is 23.9. The molecule has 0 aliphatic carbocycles. The molecule has 5 rings (SSSR count). The van der Waals surface area contributed by atoms with E-state index in [2.05, 4.69) is 10.1 Å². The monoisotopic (exact) mass is 531 g/mol. The Hall–Kier alpha value is -2.79. The van der Waals surface area contributed by atoms with Crippen LogP contribution in [0.15, 0.2) is 67.5 Å². The zero-order chi connectivity index (χ0) is 24.6. The number of benzene rings is 2. The van der Waals surface area contributed by atoms with Gasteiger partial charge >= 0.3 is 0 Å². The molecule has 180 valence electrons. The largest absolute Gasteiger partial charge is 0.382 e. The molecule has 2 aromatic carbocycles. The van der Waals surface area contributed by atoms with Crippen molar-refractivity contribution < 1.29 is 13.9 Å². The third-order valence-corrected chi connectivity index (χ3v) is 8.56. The molecule has 2 atom stereocenters. The normalized spacial score (nSPS) is 14.3. The number of fused-ring (bicyclic) bond motifs is 1. The molecule has 0 radical (unpaired) electrons. The molecule has 1 N–H and O–H groups in total. The first-order valence-corrected chi connectivity index (χ1v) is 12.9. The molecular formula is C24H20ClF2N5OS2. The Kier molecular flexibility index (Phi) is 6.63. The van der Waals surface area contributed by atoms with Gasteiger partial charge in [-0.15, -0.1) is 23.1 Å². The summed E-state index contributed by atoms with van der Waals surface area (Å²) in [5.41, 5.74) is 0.210. The summed E-state index contributed by atoms with van der Waals surface area (Å²) < 4.78 is 31.7. The topological polar surface area (TPSA) is 68.2 Å². The molecule has 0 aliphatic heterocycles. The van der Waals surface area contributed by atoms with Crippen LogP contribution in [0.3, 0.4) is 0 Å². The van der Waals surface area contributed by atoms with E-state index < -0.39 is 22.5 Å². The van der Waals surface area contributed by atoms with Crippen molar-refractivity contribution in [2.45, 2.75) is 30.1 Å². The first-order valence-electron chi connectivity index (χ1n) is 10.7. The average Bonchev–Trinajstić information content (AvgIpc) is 3.55. The average molecular weight is 532 g/mol. The Balaban J connectivity index is 1.35. The van der Waals surface area contributed by atoms with Crippen LogP contribution >= 0.6 is 34.7 Å². The molecule has 0 aliphatic rings. The lowest BCUT2D eigenvalue weighted by molar-refractivity contribution is 0.0133. The molecule has 6 nitrogen and oxygen atoms in total. The maximum atomic E-state index is 14.7. The van der Waals surface area contributed by atoms with Crippen molar-refractivity contribution in [3.05, 3.63) is 94.6 Å². The first-order chi connectivity index (χ1) is 16.8. The molecule has 3 heterocycles. The van der Waals surface area contributed by atoms with Gasteiger partial charge in [-0.25, -0.2) is 23.4 Å². The van der Waals surface area contributed by atoms with Gasteiger partial charge in [-0.2, -0.15) is 5.10 Å². The molecule has 0 amide bonds. The number of aliphatic hydroxyl groups is 1. The fraction of sp³-hybridized carbons (Fsp3) is 0.208. The van der Waals surface area contributed by atoms with Gasteiger partial charge in [0.05, 0.1) is 12.2 Å². The Bertz CT molecular complexity index is 1420. The summed E-state index contributed by atoms with van der Waals surface area (Å²) >= 11 is 8.99. The zero-order valence-electron chi connectivity index (χ0n) is 18.5. The quantitative estimate of drug-likeness (QED) is 0.274. The van der Waals surface area contributed by atoms with E-state index >= 15 is 0 Å². The second kappa shape index (κ2) is 9.69. The van der Waals surface area contributed by atoms with Crippen LogP contribution in [0.4, 0.5) is 8.78 Å². The van der Waals surface area contributed by atoms with Crippen molar-refractivity contribution in [1.82, 2.24) is 24.1 Å². The van der Waals surface area contributed by atoms with Crippen LogP contribution in [0.1, 0.15) is 17.4 Å². The van der Waals surface area contributed by atoms with Gasteiger partial charge < -0.3 is 5.11 Å². The maximum Gasteiger partial charge on any atom is 0.194 e. The van der Waals surface area contributed by atoms with E-state index in [9.17, 15) is 13.9 Å². The van der Waals surface area contributed by atoms with E-state index in [0.717, 1.165) is 33.2 Å². The zero-order valence-corrected chi connectivity index (χ0v) is 20.9. The lowest BCUT2D eigenvalue weighted by atomic mass is 9.90. The highest BCUT2D eigenvalue weighted by Crippen LogP contribution is 2.38. The van der Waals surface area contributed by atoms with Gasteiger partial charge in [0.2, 0.25) is 0 Å².